The summed E-state index contributed by atoms with van der Waals surface area (Å²) < 4.78 is 5.44. The number of fused-ring (bicyclic) bond motifs is 1. The molecule has 0 radical (unpaired) electrons. The molecule has 0 saturated heterocycles. The summed E-state index contributed by atoms with van der Waals surface area (Å²) in [6, 6.07) is 10.6. The minimum Gasteiger partial charge on any atom is -0.480 e. The third-order valence-electron chi connectivity index (χ3n) is 4.87. The van der Waals surface area contributed by atoms with Crippen LogP contribution in [0.5, 0.6) is 0 Å². The fraction of sp³-hybridized carbons (Fsp3) is 0.333. The molecule has 4 rings (SSSR count). The highest BCUT2D eigenvalue weighted by Crippen LogP contribution is 2.41. The van der Waals surface area contributed by atoms with E-state index in [1.54, 1.807) is 30.3 Å². The summed E-state index contributed by atoms with van der Waals surface area (Å²) in [6.07, 6.45) is 2.05. The molecular formula is C21H21N3O4. The summed E-state index contributed by atoms with van der Waals surface area (Å²) >= 11 is 0. The molecule has 1 amide bonds. The largest absolute Gasteiger partial charge is 0.480 e. The first kappa shape index (κ1) is 18.2. The molecule has 28 heavy (non-hydrogen) atoms. The van der Waals surface area contributed by atoms with Crippen LogP contribution in [0.25, 0.3) is 11.1 Å². The molecule has 0 spiro atoms. The number of amides is 1. The Morgan fingerprint density at radius 2 is 1.96 bits per heavy atom. The van der Waals surface area contributed by atoms with Gasteiger partial charge in [-0.2, -0.15) is 0 Å². The summed E-state index contributed by atoms with van der Waals surface area (Å²) in [5.74, 6) is -1.13. The molecule has 1 N–H and O–H groups in total. The zero-order valence-electron chi connectivity index (χ0n) is 15.8. The summed E-state index contributed by atoms with van der Waals surface area (Å²) in [6.45, 7) is 3.49. The van der Waals surface area contributed by atoms with Crippen LogP contribution in [0.2, 0.25) is 0 Å². The number of rotatable bonds is 6. The van der Waals surface area contributed by atoms with Crippen molar-refractivity contribution in [3.8, 4) is 0 Å². The Balaban J connectivity index is 1.88. The van der Waals surface area contributed by atoms with Crippen molar-refractivity contribution in [2.75, 3.05) is 11.4 Å². The minimum absolute atomic E-state index is 0.0334. The van der Waals surface area contributed by atoms with Gasteiger partial charge >= 0.3 is 5.97 Å². The van der Waals surface area contributed by atoms with Crippen LogP contribution in [0.15, 0.2) is 40.9 Å². The molecule has 1 aliphatic carbocycles. The summed E-state index contributed by atoms with van der Waals surface area (Å²) in [5, 5.41) is 14.1. The maximum Gasteiger partial charge on any atom is 0.323 e. The number of hydrogen-bond donors (Lipinski definition) is 1. The van der Waals surface area contributed by atoms with Crippen molar-refractivity contribution in [1.82, 2.24) is 10.1 Å². The van der Waals surface area contributed by atoms with Gasteiger partial charge in [0, 0.05) is 17.3 Å². The molecule has 1 fully saturated rings. The molecular weight excluding hydrogens is 358 g/mol. The number of hydrogen-bond acceptors (Lipinski definition) is 5. The molecule has 2 aromatic heterocycles. The lowest BCUT2D eigenvalue weighted by molar-refractivity contribution is -0.135. The topological polar surface area (TPSA) is 96.5 Å². The number of carbonyl (C=O) groups excluding carboxylic acids is 1. The maximum atomic E-state index is 13.5. The molecule has 1 aliphatic rings. The molecule has 2 heterocycles. The number of para-hydroxylation sites is 1. The Morgan fingerprint density at radius 1 is 1.25 bits per heavy atom. The molecule has 0 unspecified atom stereocenters. The second-order valence-electron chi connectivity index (χ2n) is 7.39. The lowest BCUT2D eigenvalue weighted by Crippen LogP contribution is -2.36. The molecule has 0 aliphatic heterocycles. The summed E-state index contributed by atoms with van der Waals surface area (Å²) in [7, 11) is 0. The van der Waals surface area contributed by atoms with Gasteiger partial charge in [0.25, 0.3) is 11.6 Å². The van der Waals surface area contributed by atoms with E-state index in [1.807, 2.05) is 19.9 Å². The van der Waals surface area contributed by atoms with E-state index in [0.29, 0.717) is 34.0 Å². The van der Waals surface area contributed by atoms with E-state index in [1.165, 1.54) is 4.90 Å². The van der Waals surface area contributed by atoms with E-state index < -0.39 is 18.4 Å². The quantitative estimate of drug-likeness (QED) is 0.696. The first-order chi connectivity index (χ1) is 13.5. The number of nitrogens with zero attached hydrogens (tertiary/aromatic N) is 3. The van der Waals surface area contributed by atoms with Gasteiger partial charge < -0.3 is 9.63 Å². The van der Waals surface area contributed by atoms with Gasteiger partial charge in [0.05, 0.1) is 16.6 Å². The Morgan fingerprint density at radius 3 is 2.57 bits per heavy atom. The van der Waals surface area contributed by atoms with E-state index in [-0.39, 0.29) is 5.92 Å². The van der Waals surface area contributed by atoms with Crippen molar-refractivity contribution < 1.29 is 19.2 Å². The van der Waals surface area contributed by atoms with E-state index in [4.69, 9.17) is 4.52 Å². The standard InChI is InChI=1S/C21H21N3O4/c1-12(2)19-18-15(10-16(13-8-9-13)22-20(18)28-23-19)21(27)24(11-17(25)26)14-6-4-3-5-7-14/h3-7,10,12-13H,8-9,11H2,1-2H3,(H,25,26). The average molecular weight is 379 g/mol. The van der Waals surface area contributed by atoms with Gasteiger partial charge in [-0.15, -0.1) is 0 Å². The Labute approximate surface area is 162 Å². The maximum absolute atomic E-state index is 13.5. The zero-order valence-corrected chi connectivity index (χ0v) is 15.8. The molecule has 1 aromatic carbocycles. The van der Waals surface area contributed by atoms with Gasteiger partial charge in [0.1, 0.15) is 6.54 Å². The monoisotopic (exact) mass is 379 g/mol. The van der Waals surface area contributed by atoms with Crippen molar-refractivity contribution in [2.45, 2.75) is 38.5 Å². The highest BCUT2D eigenvalue weighted by atomic mass is 16.5. The van der Waals surface area contributed by atoms with Crippen LogP contribution in [0, 0.1) is 0 Å². The zero-order chi connectivity index (χ0) is 19.8. The number of aromatic nitrogens is 2. The van der Waals surface area contributed by atoms with E-state index >= 15 is 0 Å². The Hall–Kier alpha value is -3.22. The fourth-order valence-electron chi connectivity index (χ4n) is 3.31. The van der Waals surface area contributed by atoms with E-state index in [2.05, 4.69) is 10.1 Å². The van der Waals surface area contributed by atoms with Crippen molar-refractivity contribution in [3.05, 3.63) is 53.3 Å². The van der Waals surface area contributed by atoms with Crippen molar-refractivity contribution in [2.24, 2.45) is 0 Å². The highest BCUT2D eigenvalue weighted by molar-refractivity contribution is 6.15. The van der Waals surface area contributed by atoms with Crippen LogP contribution in [-0.4, -0.2) is 33.7 Å². The molecule has 144 valence electrons. The SMILES string of the molecule is CC(C)c1noc2nc(C3CC3)cc(C(=O)N(CC(=O)O)c3ccccc3)c12. The minimum atomic E-state index is -1.08. The molecule has 0 atom stereocenters. The number of carbonyl (C=O) groups is 2. The van der Waals surface area contributed by atoms with Gasteiger partial charge in [-0.05, 0) is 37.0 Å². The normalized spacial score (nSPS) is 13.8. The highest BCUT2D eigenvalue weighted by Gasteiger charge is 2.31. The van der Waals surface area contributed by atoms with Gasteiger partial charge in [0.2, 0.25) is 0 Å². The van der Waals surface area contributed by atoms with Crippen LogP contribution >= 0.6 is 0 Å². The summed E-state index contributed by atoms with van der Waals surface area (Å²) in [4.78, 5) is 30.8. The number of carboxylic acids is 1. The number of pyridine rings is 1. The lowest BCUT2D eigenvalue weighted by Gasteiger charge is -2.21. The smallest absolute Gasteiger partial charge is 0.323 e. The van der Waals surface area contributed by atoms with Crippen LogP contribution < -0.4 is 4.90 Å². The lowest BCUT2D eigenvalue weighted by atomic mass is 10.0. The predicted molar refractivity (Wildman–Crippen MR) is 104 cm³/mol. The van der Waals surface area contributed by atoms with Crippen LogP contribution in [0.4, 0.5) is 5.69 Å². The Kier molecular flexibility index (Phi) is 4.58. The van der Waals surface area contributed by atoms with Gasteiger partial charge in [-0.1, -0.05) is 37.2 Å². The van der Waals surface area contributed by atoms with Crippen LogP contribution in [0.3, 0.4) is 0 Å². The average Bonchev–Trinajstić information content (AvgIpc) is 3.44. The second kappa shape index (κ2) is 7.07. The number of aliphatic carboxylic acids is 1. The van der Waals surface area contributed by atoms with Crippen molar-refractivity contribution >= 4 is 28.7 Å². The second-order valence-corrected chi connectivity index (χ2v) is 7.39. The fourth-order valence-corrected chi connectivity index (χ4v) is 3.31. The van der Waals surface area contributed by atoms with Gasteiger partial charge in [-0.3, -0.25) is 14.5 Å². The van der Waals surface area contributed by atoms with Crippen molar-refractivity contribution in [3.63, 3.8) is 0 Å². The summed E-state index contributed by atoms with van der Waals surface area (Å²) in [5.41, 5.74) is 2.69. The Bertz CT molecular complexity index is 1040. The van der Waals surface area contributed by atoms with Crippen LogP contribution in [-0.2, 0) is 4.79 Å². The van der Waals surface area contributed by atoms with Gasteiger partial charge in [0.15, 0.2) is 0 Å². The molecule has 3 aromatic rings. The first-order valence-electron chi connectivity index (χ1n) is 9.34. The van der Waals surface area contributed by atoms with Crippen molar-refractivity contribution in [1.29, 1.82) is 0 Å². The molecule has 0 bridgehead atoms. The predicted octanol–water partition coefficient (Wildman–Crippen LogP) is 3.96. The molecule has 7 nitrogen and oxygen atoms in total. The third-order valence-corrected chi connectivity index (χ3v) is 4.87. The van der Waals surface area contributed by atoms with Crippen LogP contribution in [0.1, 0.15) is 60.3 Å². The van der Waals surface area contributed by atoms with E-state index in [9.17, 15) is 14.7 Å². The third kappa shape index (κ3) is 3.35. The number of anilines is 1. The number of carboxylic acid groups (broad SMARTS) is 1. The molecule has 1 saturated carbocycles. The molecule has 7 heteroatoms. The first-order valence-corrected chi connectivity index (χ1v) is 9.34. The number of benzene rings is 1. The van der Waals surface area contributed by atoms with E-state index in [0.717, 1.165) is 18.5 Å². The van der Waals surface area contributed by atoms with Gasteiger partial charge in [-0.25, -0.2) is 4.98 Å².